The van der Waals surface area contributed by atoms with Gasteiger partial charge in [0.25, 0.3) is 5.91 Å². The molecule has 1 unspecified atom stereocenters. The molecule has 1 fully saturated rings. The van der Waals surface area contributed by atoms with E-state index in [1.54, 1.807) is 19.2 Å². The SMILES string of the molecule is COc1ccc(CNc2nc(N3CCCC3CO)ncc2C(=O)Nc2cncnc2)cc1Cl. The van der Waals surface area contributed by atoms with Gasteiger partial charge in [0.15, 0.2) is 0 Å². The first-order valence-electron chi connectivity index (χ1n) is 10.5. The first-order valence-corrected chi connectivity index (χ1v) is 10.8. The number of benzene rings is 1. The van der Waals surface area contributed by atoms with E-state index in [-0.39, 0.29) is 18.2 Å². The molecule has 3 heterocycles. The molecule has 1 aliphatic rings. The van der Waals surface area contributed by atoms with Crippen molar-refractivity contribution in [3.63, 3.8) is 0 Å². The number of methoxy groups -OCH3 is 1. The van der Waals surface area contributed by atoms with Crippen molar-refractivity contribution < 1.29 is 14.6 Å². The summed E-state index contributed by atoms with van der Waals surface area (Å²) in [6.07, 6.45) is 7.68. The van der Waals surface area contributed by atoms with Crippen molar-refractivity contribution in [2.45, 2.75) is 25.4 Å². The molecule has 0 radical (unpaired) electrons. The van der Waals surface area contributed by atoms with Gasteiger partial charge in [-0.25, -0.2) is 15.0 Å². The predicted molar refractivity (Wildman–Crippen MR) is 125 cm³/mol. The van der Waals surface area contributed by atoms with Crippen LogP contribution >= 0.6 is 11.6 Å². The van der Waals surface area contributed by atoms with Crippen molar-refractivity contribution in [2.24, 2.45) is 0 Å². The van der Waals surface area contributed by atoms with Crippen LogP contribution in [0.4, 0.5) is 17.5 Å². The Hall–Kier alpha value is -3.50. The average molecular weight is 470 g/mol. The van der Waals surface area contributed by atoms with Crippen molar-refractivity contribution in [1.82, 2.24) is 19.9 Å². The Balaban J connectivity index is 1.61. The van der Waals surface area contributed by atoms with Crippen LogP contribution in [0.25, 0.3) is 0 Å². The van der Waals surface area contributed by atoms with Gasteiger partial charge >= 0.3 is 0 Å². The highest BCUT2D eigenvalue weighted by Gasteiger charge is 2.27. The molecule has 1 atom stereocenters. The number of nitrogens with one attached hydrogen (secondary N) is 2. The monoisotopic (exact) mass is 469 g/mol. The Bertz CT molecular complexity index is 1120. The van der Waals surface area contributed by atoms with Crippen LogP contribution in [0, 0.1) is 0 Å². The normalized spacial score (nSPS) is 15.4. The third-order valence-corrected chi connectivity index (χ3v) is 5.66. The maximum absolute atomic E-state index is 13.0. The quantitative estimate of drug-likeness (QED) is 0.456. The van der Waals surface area contributed by atoms with E-state index in [2.05, 4.69) is 30.6 Å². The van der Waals surface area contributed by atoms with Gasteiger partial charge in [0.1, 0.15) is 23.5 Å². The molecule has 3 aromatic rings. The van der Waals surface area contributed by atoms with E-state index in [1.807, 2.05) is 11.0 Å². The maximum Gasteiger partial charge on any atom is 0.261 e. The van der Waals surface area contributed by atoms with Crippen molar-refractivity contribution in [1.29, 1.82) is 0 Å². The Labute approximate surface area is 196 Å². The summed E-state index contributed by atoms with van der Waals surface area (Å²) in [7, 11) is 1.56. The Kier molecular flexibility index (Phi) is 7.16. The molecule has 0 aliphatic carbocycles. The van der Waals surface area contributed by atoms with Gasteiger partial charge in [0.05, 0.1) is 42.9 Å². The molecule has 172 valence electrons. The van der Waals surface area contributed by atoms with Crippen molar-refractivity contribution in [3.05, 3.63) is 59.3 Å². The average Bonchev–Trinajstić information content (AvgIpc) is 3.32. The minimum absolute atomic E-state index is 0.0205. The summed E-state index contributed by atoms with van der Waals surface area (Å²) >= 11 is 6.24. The molecule has 3 N–H and O–H groups in total. The van der Waals surface area contributed by atoms with Gasteiger partial charge in [-0.15, -0.1) is 0 Å². The lowest BCUT2D eigenvalue weighted by Crippen LogP contribution is -2.33. The summed E-state index contributed by atoms with van der Waals surface area (Å²) in [6, 6.07) is 5.41. The molecule has 33 heavy (non-hydrogen) atoms. The lowest BCUT2D eigenvalue weighted by Gasteiger charge is -2.24. The van der Waals surface area contributed by atoms with E-state index in [4.69, 9.17) is 16.3 Å². The van der Waals surface area contributed by atoms with Crippen LogP contribution in [0.1, 0.15) is 28.8 Å². The summed E-state index contributed by atoms with van der Waals surface area (Å²) in [5, 5.41) is 16.2. The number of hydrogen-bond acceptors (Lipinski definition) is 9. The van der Waals surface area contributed by atoms with E-state index in [0.29, 0.717) is 34.8 Å². The number of carbonyl (C=O) groups excluding carboxylic acids is 1. The van der Waals surface area contributed by atoms with Gasteiger partial charge in [-0.05, 0) is 30.5 Å². The molecule has 1 aromatic carbocycles. The van der Waals surface area contributed by atoms with Crippen LogP contribution in [0.5, 0.6) is 5.75 Å². The molecular formula is C22H24ClN7O3. The standard InChI is InChI=1S/C22H24ClN7O3/c1-33-19-5-4-14(7-18(19)23)8-26-20-17(21(32)28-15-9-24-13-25-10-15)11-27-22(29-20)30-6-2-3-16(30)12-31/h4-5,7,9-11,13,16,31H,2-3,6,8,12H2,1H3,(H,28,32)(H,26,27,29). The molecule has 0 bridgehead atoms. The van der Waals surface area contributed by atoms with E-state index in [0.717, 1.165) is 24.9 Å². The lowest BCUT2D eigenvalue weighted by atomic mass is 10.2. The minimum Gasteiger partial charge on any atom is -0.495 e. The Morgan fingerprint density at radius 3 is 2.85 bits per heavy atom. The van der Waals surface area contributed by atoms with E-state index < -0.39 is 5.91 Å². The number of rotatable bonds is 8. The number of nitrogens with zero attached hydrogens (tertiary/aromatic N) is 5. The molecule has 11 heteroatoms. The van der Waals surface area contributed by atoms with Gasteiger partial charge in [0, 0.05) is 19.3 Å². The number of aliphatic hydroxyl groups excluding tert-OH is 1. The topological polar surface area (TPSA) is 125 Å². The van der Waals surface area contributed by atoms with Crippen LogP contribution in [0.3, 0.4) is 0 Å². The molecule has 0 saturated carbocycles. The second-order valence-electron chi connectivity index (χ2n) is 7.51. The molecular weight excluding hydrogens is 446 g/mol. The van der Waals surface area contributed by atoms with Gasteiger partial charge in [-0.3, -0.25) is 4.79 Å². The number of carbonyl (C=O) groups is 1. The molecule has 1 aliphatic heterocycles. The number of amides is 1. The summed E-state index contributed by atoms with van der Waals surface area (Å²) in [5.74, 6) is 1.01. The highest BCUT2D eigenvalue weighted by molar-refractivity contribution is 6.32. The minimum atomic E-state index is -0.397. The van der Waals surface area contributed by atoms with Crippen LogP contribution in [0.15, 0.2) is 43.1 Å². The second kappa shape index (κ2) is 10.4. The van der Waals surface area contributed by atoms with Crippen molar-refractivity contribution >= 4 is 35.0 Å². The van der Waals surface area contributed by atoms with E-state index >= 15 is 0 Å². The summed E-state index contributed by atoms with van der Waals surface area (Å²) < 4.78 is 5.20. The second-order valence-corrected chi connectivity index (χ2v) is 7.92. The lowest BCUT2D eigenvalue weighted by molar-refractivity contribution is 0.102. The van der Waals surface area contributed by atoms with Gasteiger partial charge in [-0.2, -0.15) is 4.98 Å². The number of aliphatic hydroxyl groups is 1. The molecule has 1 amide bonds. The number of aromatic nitrogens is 4. The van der Waals surface area contributed by atoms with Crippen molar-refractivity contribution in [2.75, 3.05) is 35.8 Å². The largest absolute Gasteiger partial charge is 0.495 e. The zero-order valence-electron chi connectivity index (χ0n) is 18.0. The number of halogens is 1. The Morgan fingerprint density at radius 1 is 1.30 bits per heavy atom. The van der Waals surface area contributed by atoms with Gasteiger partial charge < -0.3 is 25.4 Å². The number of hydrogen-bond donors (Lipinski definition) is 3. The van der Waals surface area contributed by atoms with Crippen LogP contribution in [0.2, 0.25) is 5.02 Å². The first-order chi connectivity index (χ1) is 16.1. The van der Waals surface area contributed by atoms with E-state index in [1.165, 1.54) is 24.9 Å². The van der Waals surface area contributed by atoms with E-state index in [9.17, 15) is 9.90 Å². The third kappa shape index (κ3) is 5.29. The molecule has 4 rings (SSSR count). The van der Waals surface area contributed by atoms with Gasteiger partial charge in [-0.1, -0.05) is 17.7 Å². The summed E-state index contributed by atoms with van der Waals surface area (Å²) in [6.45, 7) is 1.14. The van der Waals surface area contributed by atoms with Crippen LogP contribution in [-0.2, 0) is 6.54 Å². The van der Waals surface area contributed by atoms with Crippen LogP contribution in [-0.4, -0.2) is 57.3 Å². The molecule has 2 aromatic heterocycles. The summed E-state index contributed by atoms with van der Waals surface area (Å²) in [4.78, 5) is 31.8. The summed E-state index contributed by atoms with van der Waals surface area (Å²) in [5.41, 5.74) is 1.61. The maximum atomic E-state index is 13.0. The Morgan fingerprint density at radius 2 is 2.12 bits per heavy atom. The molecule has 1 saturated heterocycles. The zero-order chi connectivity index (χ0) is 23.2. The van der Waals surface area contributed by atoms with Gasteiger partial charge in [0.2, 0.25) is 5.95 Å². The third-order valence-electron chi connectivity index (χ3n) is 5.36. The fraction of sp³-hybridized carbons (Fsp3) is 0.318. The van der Waals surface area contributed by atoms with Crippen LogP contribution < -0.4 is 20.3 Å². The first kappa shape index (κ1) is 22.7. The predicted octanol–water partition coefficient (Wildman–Crippen LogP) is 2.75. The smallest absolute Gasteiger partial charge is 0.261 e. The fourth-order valence-electron chi connectivity index (χ4n) is 3.67. The molecule has 10 nitrogen and oxygen atoms in total. The number of anilines is 3. The number of ether oxygens (including phenoxy) is 1. The van der Waals surface area contributed by atoms with Crippen molar-refractivity contribution in [3.8, 4) is 5.75 Å². The zero-order valence-corrected chi connectivity index (χ0v) is 18.8. The highest BCUT2D eigenvalue weighted by atomic mass is 35.5. The molecule has 0 spiro atoms. The fourth-order valence-corrected chi connectivity index (χ4v) is 3.95. The highest BCUT2D eigenvalue weighted by Crippen LogP contribution is 2.27.